The van der Waals surface area contributed by atoms with Crippen LogP contribution in [0.5, 0.6) is 0 Å². The minimum absolute atomic E-state index is 0.295. The van der Waals surface area contributed by atoms with Crippen LogP contribution < -0.4 is 5.32 Å². The van der Waals surface area contributed by atoms with Gasteiger partial charge in [-0.25, -0.2) is 8.42 Å². The monoisotopic (exact) mass is 253 g/mol. The quantitative estimate of drug-likeness (QED) is 0.631. The molecule has 0 fully saturated rings. The van der Waals surface area contributed by atoms with Crippen LogP contribution in [0.2, 0.25) is 0 Å². The lowest BCUT2D eigenvalue weighted by molar-refractivity contribution is 0.547. The highest BCUT2D eigenvalue weighted by molar-refractivity contribution is 8.00. The Labute approximate surface area is 98.3 Å². The minimum atomic E-state index is -2.77. The van der Waals surface area contributed by atoms with Crippen molar-refractivity contribution in [1.29, 1.82) is 0 Å². The third-order valence-corrected chi connectivity index (χ3v) is 4.11. The molecule has 0 aliphatic carbocycles. The summed E-state index contributed by atoms with van der Waals surface area (Å²) in [5.41, 5.74) is 0. The van der Waals surface area contributed by atoms with E-state index in [0.717, 1.165) is 24.8 Å². The van der Waals surface area contributed by atoms with Crippen LogP contribution in [0.4, 0.5) is 0 Å². The molecule has 0 atom stereocenters. The second kappa shape index (κ2) is 8.42. The van der Waals surface area contributed by atoms with Gasteiger partial charge in [-0.15, -0.1) is 0 Å². The number of hydrogen-bond donors (Lipinski definition) is 1. The molecule has 0 aliphatic rings. The number of nitrogens with one attached hydrogen (secondary N) is 1. The van der Waals surface area contributed by atoms with Gasteiger partial charge in [0.15, 0.2) is 0 Å². The Kier molecular flexibility index (Phi) is 8.56. The summed E-state index contributed by atoms with van der Waals surface area (Å²) in [7, 11) is -2.77. The molecule has 0 bridgehead atoms. The number of sulfone groups is 1. The fraction of sp³-hybridized carbons (Fsp3) is 1.00. The maximum atomic E-state index is 10.8. The van der Waals surface area contributed by atoms with Gasteiger partial charge in [0.1, 0.15) is 9.84 Å². The maximum Gasteiger partial charge on any atom is 0.148 e. The molecule has 0 aromatic rings. The topological polar surface area (TPSA) is 46.2 Å². The molecule has 0 aromatic heterocycles. The second-order valence-corrected chi connectivity index (χ2v) is 7.66. The molecule has 0 spiro atoms. The molecule has 0 heterocycles. The summed E-state index contributed by atoms with van der Waals surface area (Å²) in [5.74, 6) is 2.75. The maximum absolute atomic E-state index is 10.8. The van der Waals surface area contributed by atoms with Crippen molar-refractivity contribution in [2.24, 2.45) is 5.92 Å². The zero-order valence-corrected chi connectivity index (χ0v) is 11.6. The molecule has 5 heteroatoms. The van der Waals surface area contributed by atoms with Crippen molar-refractivity contribution in [1.82, 2.24) is 5.32 Å². The molecule has 0 aliphatic heterocycles. The Hall–Kier alpha value is 0.260. The van der Waals surface area contributed by atoms with Gasteiger partial charge in [0.05, 0.1) is 5.75 Å². The number of rotatable bonds is 9. The molecule has 15 heavy (non-hydrogen) atoms. The van der Waals surface area contributed by atoms with Gasteiger partial charge in [0.2, 0.25) is 0 Å². The lowest BCUT2D eigenvalue weighted by Gasteiger charge is -2.06. The van der Waals surface area contributed by atoms with E-state index in [4.69, 9.17) is 0 Å². The van der Waals surface area contributed by atoms with E-state index in [9.17, 15) is 8.42 Å². The summed E-state index contributed by atoms with van der Waals surface area (Å²) in [5, 5.41) is 3.34. The van der Waals surface area contributed by atoms with E-state index in [-0.39, 0.29) is 0 Å². The molecule has 92 valence electrons. The first kappa shape index (κ1) is 15.3. The van der Waals surface area contributed by atoms with Crippen molar-refractivity contribution in [3.05, 3.63) is 0 Å². The van der Waals surface area contributed by atoms with Gasteiger partial charge in [-0.2, -0.15) is 11.8 Å². The third kappa shape index (κ3) is 14.3. The van der Waals surface area contributed by atoms with E-state index in [0.29, 0.717) is 11.5 Å². The molecular weight excluding hydrogens is 230 g/mol. The summed E-state index contributed by atoms with van der Waals surface area (Å²) >= 11 is 1.70. The normalized spacial score (nSPS) is 12.3. The third-order valence-electron chi connectivity index (χ3n) is 1.92. The first-order valence-electron chi connectivity index (χ1n) is 5.38. The molecule has 0 saturated heterocycles. The fourth-order valence-electron chi connectivity index (χ4n) is 0.972. The van der Waals surface area contributed by atoms with Crippen molar-refractivity contribution in [2.45, 2.75) is 20.3 Å². The SMILES string of the molecule is CC(C)CCNCCSCCS(C)(=O)=O. The molecule has 0 aromatic carbocycles. The zero-order valence-electron chi connectivity index (χ0n) is 9.95. The molecule has 0 radical (unpaired) electrons. The smallest absolute Gasteiger partial charge is 0.148 e. The van der Waals surface area contributed by atoms with Crippen LogP contribution in [0.15, 0.2) is 0 Å². The van der Waals surface area contributed by atoms with Crippen LogP contribution in [-0.4, -0.2) is 45.0 Å². The van der Waals surface area contributed by atoms with E-state index in [1.807, 2.05) is 0 Å². The molecule has 1 N–H and O–H groups in total. The van der Waals surface area contributed by atoms with Gasteiger partial charge in [-0.05, 0) is 18.9 Å². The highest BCUT2D eigenvalue weighted by Crippen LogP contribution is 2.00. The van der Waals surface area contributed by atoms with Gasteiger partial charge in [0.25, 0.3) is 0 Å². The molecule has 0 rings (SSSR count). The molecule has 0 unspecified atom stereocenters. The summed E-state index contributed by atoms with van der Waals surface area (Å²) in [6.07, 6.45) is 2.49. The van der Waals surface area contributed by atoms with E-state index in [2.05, 4.69) is 19.2 Å². The molecular formula is C10H23NO2S2. The van der Waals surface area contributed by atoms with Crippen LogP contribution in [0.1, 0.15) is 20.3 Å². The lowest BCUT2D eigenvalue weighted by Crippen LogP contribution is -2.20. The van der Waals surface area contributed by atoms with E-state index in [1.54, 1.807) is 11.8 Å². The molecule has 3 nitrogen and oxygen atoms in total. The van der Waals surface area contributed by atoms with E-state index >= 15 is 0 Å². The summed E-state index contributed by atoms with van der Waals surface area (Å²) in [4.78, 5) is 0. The number of hydrogen-bond acceptors (Lipinski definition) is 4. The fourth-order valence-corrected chi connectivity index (χ4v) is 3.15. The van der Waals surface area contributed by atoms with Gasteiger partial charge in [-0.1, -0.05) is 13.8 Å². The lowest BCUT2D eigenvalue weighted by atomic mass is 10.1. The Morgan fingerprint density at radius 2 is 1.87 bits per heavy atom. The van der Waals surface area contributed by atoms with E-state index in [1.165, 1.54) is 12.7 Å². The number of thioether (sulfide) groups is 1. The van der Waals surface area contributed by atoms with Crippen LogP contribution in [0.3, 0.4) is 0 Å². The minimum Gasteiger partial charge on any atom is -0.316 e. The average molecular weight is 253 g/mol. The van der Waals surface area contributed by atoms with Gasteiger partial charge < -0.3 is 5.32 Å². The molecule has 0 saturated carbocycles. The van der Waals surface area contributed by atoms with Crippen molar-refractivity contribution in [2.75, 3.05) is 36.6 Å². The van der Waals surface area contributed by atoms with Gasteiger partial charge in [-0.3, -0.25) is 0 Å². The van der Waals surface area contributed by atoms with Crippen molar-refractivity contribution >= 4 is 21.6 Å². The summed E-state index contributed by atoms with van der Waals surface area (Å²) in [6, 6.07) is 0. The standard InChI is InChI=1S/C10H23NO2S2/c1-10(2)4-5-11-6-7-14-8-9-15(3,12)13/h10-11H,4-9H2,1-3H3. The Morgan fingerprint density at radius 1 is 1.20 bits per heavy atom. The van der Waals surface area contributed by atoms with Crippen molar-refractivity contribution in [3.63, 3.8) is 0 Å². The van der Waals surface area contributed by atoms with E-state index < -0.39 is 9.84 Å². The van der Waals surface area contributed by atoms with Crippen LogP contribution in [0.25, 0.3) is 0 Å². The van der Waals surface area contributed by atoms with Crippen LogP contribution in [-0.2, 0) is 9.84 Å². The van der Waals surface area contributed by atoms with Crippen LogP contribution in [0, 0.1) is 5.92 Å². The second-order valence-electron chi connectivity index (χ2n) is 4.17. The zero-order chi connectivity index (χ0) is 11.7. The van der Waals surface area contributed by atoms with Gasteiger partial charge in [0, 0.05) is 24.3 Å². The first-order valence-corrected chi connectivity index (χ1v) is 8.59. The first-order chi connectivity index (χ1) is 6.92. The predicted molar refractivity (Wildman–Crippen MR) is 69.4 cm³/mol. The van der Waals surface area contributed by atoms with Crippen molar-refractivity contribution in [3.8, 4) is 0 Å². The van der Waals surface area contributed by atoms with Crippen molar-refractivity contribution < 1.29 is 8.42 Å². The Morgan fingerprint density at radius 3 is 2.40 bits per heavy atom. The Bertz CT molecular complexity index is 238. The van der Waals surface area contributed by atoms with Gasteiger partial charge >= 0.3 is 0 Å². The highest BCUT2D eigenvalue weighted by Gasteiger charge is 2.00. The molecule has 0 amide bonds. The predicted octanol–water partition coefficient (Wildman–Crippen LogP) is 1.40. The highest BCUT2D eigenvalue weighted by atomic mass is 32.2. The summed E-state index contributed by atoms with van der Waals surface area (Å²) in [6.45, 7) is 6.45. The summed E-state index contributed by atoms with van der Waals surface area (Å²) < 4.78 is 21.6. The Balaban J connectivity index is 3.12. The van der Waals surface area contributed by atoms with Crippen LogP contribution >= 0.6 is 11.8 Å². The largest absolute Gasteiger partial charge is 0.316 e. The average Bonchev–Trinajstić information content (AvgIpc) is 2.07.